The molecule has 0 radical (unpaired) electrons. The van der Waals surface area contributed by atoms with Gasteiger partial charge in [0.25, 0.3) is 5.91 Å². The van der Waals surface area contributed by atoms with Crippen molar-refractivity contribution in [2.75, 3.05) is 5.32 Å². The summed E-state index contributed by atoms with van der Waals surface area (Å²) in [5.41, 5.74) is 4.12. The van der Waals surface area contributed by atoms with Crippen molar-refractivity contribution in [3.05, 3.63) is 108 Å². The van der Waals surface area contributed by atoms with Gasteiger partial charge in [0.2, 0.25) is 0 Å². The number of benzene rings is 3. The van der Waals surface area contributed by atoms with E-state index < -0.39 is 5.97 Å². The molecule has 0 fully saturated rings. The van der Waals surface area contributed by atoms with Crippen LogP contribution in [0.25, 0.3) is 11.1 Å². The number of hydrogen-bond donors (Lipinski definition) is 2. The van der Waals surface area contributed by atoms with Gasteiger partial charge in [-0.15, -0.1) is 0 Å². The van der Waals surface area contributed by atoms with Crippen LogP contribution in [0.1, 0.15) is 26.3 Å². The fourth-order valence-electron chi connectivity index (χ4n) is 3.20. The summed E-state index contributed by atoms with van der Waals surface area (Å²) in [6.07, 6.45) is 3.66. The maximum atomic E-state index is 12.9. The SMILES string of the molecule is O=C(O)c1ccc(NC(=O)c2ccccc2-c2ccc(Cn3cccn3)cc2)cc1. The van der Waals surface area contributed by atoms with Crippen LogP contribution >= 0.6 is 0 Å². The second kappa shape index (κ2) is 8.45. The molecule has 0 aliphatic rings. The van der Waals surface area contributed by atoms with Gasteiger partial charge >= 0.3 is 5.97 Å². The number of carbonyl (C=O) groups excluding carboxylic acids is 1. The van der Waals surface area contributed by atoms with Crippen molar-refractivity contribution >= 4 is 17.6 Å². The van der Waals surface area contributed by atoms with Gasteiger partial charge in [0.15, 0.2) is 0 Å². The molecule has 30 heavy (non-hydrogen) atoms. The molecule has 4 aromatic rings. The Morgan fingerprint density at radius 3 is 2.30 bits per heavy atom. The summed E-state index contributed by atoms with van der Waals surface area (Å²) in [6.45, 7) is 0.682. The minimum atomic E-state index is -1.01. The smallest absolute Gasteiger partial charge is 0.335 e. The topological polar surface area (TPSA) is 84.2 Å². The first kappa shape index (κ1) is 19.1. The molecule has 6 nitrogen and oxygen atoms in total. The van der Waals surface area contributed by atoms with Crippen LogP contribution in [0.5, 0.6) is 0 Å². The van der Waals surface area contributed by atoms with E-state index in [0.717, 1.165) is 16.7 Å². The monoisotopic (exact) mass is 397 g/mol. The zero-order valence-electron chi connectivity index (χ0n) is 16.0. The van der Waals surface area contributed by atoms with Crippen molar-refractivity contribution in [1.29, 1.82) is 0 Å². The molecule has 0 saturated heterocycles. The maximum absolute atomic E-state index is 12.9. The maximum Gasteiger partial charge on any atom is 0.335 e. The molecule has 1 heterocycles. The minimum absolute atomic E-state index is 0.170. The Bertz CT molecular complexity index is 1170. The minimum Gasteiger partial charge on any atom is -0.478 e. The van der Waals surface area contributed by atoms with E-state index in [9.17, 15) is 9.59 Å². The van der Waals surface area contributed by atoms with E-state index in [1.807, 2.05) is 59.4 Å². The predicted octanol–water partition coefficient (Wildman–Crippen LogP) is 4.55. The number of carboxylic acids is 1. The predicted molar refractivity (Wildman–Crippen MR) is 115 cm³/mol. The van der Waals surface area contributed by atoms with E-state index in [4.69, 9.17) is 5.11 Å². The second-order valence-corrected chi connectivity index (χ2v) is 6.78. The number of nitrogens with one attached hydrogen (secondary N) is 1. The molecular weight excluding hydrogens is 378 g/mol. The average molecular weight is 397 g/mol. The first-order valence-corrected chi connectivity index (χ1v) is 9.40. The van der Waals surface area contributed by atoms with E-state index >= 15 is 0 Å². The van der Waals surface area contributed by atoms with Gasteiger partial charge in [0, 0.05) is 23.6 Å². The number of nitrogens with zero attached hydrogens (tertiary/aromatic N) is 2. The van der Waals surface area contributed by atoms with Gasteiger partial charge in [0.1, 0.15) is 0 Å². The lowest BCUT2D eigenvalue weighted by Crippen LogP contribution is -2.13. The summed E-state index contributed by atoms with van der Waals surface area (Å²) >= 11 is 0. The van der Waals surface area contributed by atoms with Crippen LogP contribution in [-0.4, -0.2) is 26.8 Å². The molecule has 0 aliphatic carbocycles. The highest BCUT2D eigenvalue weighted by molar-refractivity contribution is 6.08. The van der Waals surface area contributed by atoms with Gasteiger partial charge in [-0.2, -0.15) is 5.10 Å². The summed E-state index contributed by atoms with van der Waals surface area (Å²) in [5, 5.41) is 16.0. The second-order valence-electron chi connectivity index (χ2n) is 6.78. The number of hydrogen-bond acceptors (Lipinski definition) is 3. The summed E-state index contributed by atoms with van der Waals surface area (Å²) in [4.78, 5) is 23.8. The molecule has 4 rings (SSSR count). The van der Waals surface area contributed by atoms with E-state index in [2.05, 4.69) is 10.4 Å². The lowest BCUT2D eigenvalue weighted by Gasteiger charge is -2.11. The van der Waals surface area contributed by atoms with E-state index in [1.165, 1.54) is 12.1 Å². The van der Waals surface area contributed by atoms with Crippen LogP contribution in [0.2, 0.25) is 0 Å². The van der Waals surface area contributed by atoms with Gasteiger partial charge in [-0.25, -0.2) is 4.79 Å². The van der Waals surface area contributed by atoms with Crippen LogP contribution in [0, 0.1) is 0 Å². The van der Waals surface area contributed by atoms with Crippen molar-refractivity contribution in [3.8, 4) is 11.1 Å². The van der Waals surface area contributed by atoms with Crippen molar-refractivity contribution in [3.63, 3.8) is 0 Å². The third-order valence-corrected chi connectivity index (χ3v) is 4.73. The molecule has 0 aliphatic heterocycles. The highest BCUT2D eigenvalue weighted by atomic mass is 16.4. The largest absolute Gasteiger partial charge is 0.478 e. The number of aromatic nitrogens is 2. The molecule has 0 atom stereocenters. The quantitative estimate of drug-likeness (QED) is 0.500. The van der Waals surface area contributed by atoms with Crippen LogP contribution in [-0.2, 0) is 6.54 Å². The fraction of sp³-hybridized carbons (Fsp3) is 0.0417. The Balaban J connectivity index is 1.54. The Hall–Kier alpha value is -4.19. The lowest BCUT2D eigenvalue weighted by molar-refractivity contribution is 0.0696. The summed E-state index contributed by atoms with van der Waals surface area (Å²) < 4.78 is 1.85. The number of rotatable bonds is 6. The van der Waals surface area contributed by atoms with Crippen molar-refractivity contribution < 1.29 is 14.7 Å². The van der Waals surface area contributed by atoms with Crippen LogP contribution in [0.15, 0.2) is 91.3 Å². The third kappa shape index (κ3) is 4.28. The Morgan fingerprint density at radius 2 is 1.63 bits per heavy atom. The molecule has 148 valence electrons. The Labute approximate surface area is 173 Å². The molecule has 6 heteroatoms. The molecule has 1 amide bonds. The molecule has 0 saturated carbocycles. The van der Waals surface area contributed by atoms with Crippen molar-refractivity contribution in [1.82, 2.24) is 9.78 Å². The van der Waals surface area contributed by atoms with Crippen LogP contribution in [0.4, 0.5) is 5.69 Å². The normalized spacial score (nSPS) is 10.5. The molecule has 0 bridgehead atoms. The molecule has 3 aromatic carbocycles. The molecule has 2 N–H and O–H groups in total. The molecular formula is C24H19N3O3. The first-order chi connectivity index (χ1) is 14.6. The van der Waals surface area contributed by atoms with E-state index in [-0.39, 0.29) is 11.5 Å². The van der Waals surface area contributed by atoms with Gasteiger partial charge in [-0.1, -0.05) is 42.5 Å². The van der Waals surface area contributed by atoms with Crippen molar-refractivity contribution in [2.24, 2.45) is 0 Å². The number of aromatic carboxylic acids is 1. The number of carbonyl (C=O) groups is 2. The highest BCUT2D eigenvalue weighted by Gasteiger charge is 2.13. The number of carboxylic acid groups (broad SMARTS) is 1. The van der Waals surface area contributed by atoms with Crippen LogP contribution < -0.4 is 5.32 Å². The molecule has 1 aromatic heterocycles. The average Bonchev–Trinajstić information content (AvgIpc) is 3.28. The summed E-state index contributed by atoms with van der Waals surface area (Å²) in [7, 11) is 0. The summed E-state index contributed by atoms with van der Waals surface area (Å²) in [6, 6.07) is 23.4. The molecule has 0 unspecified atom stereocenters. The number of amides is 1. The first-order valence-electron chi connectivity index (χ1n) is 9.40. The van der Waals surface area contributed by atoms with E-state index in [0.29, 0.717) is 17.8 Å². The van der Waals surface area contributed by atoms with E-state index in [1.54, 1.807) is 24.4 Å². The number of anilines is 1. The summed E-state index contributed by atoms with van der Waals surface area (Å²) in [5.74, 6) is -1.26. The Morgan fingerprint density at radius 1 is 0.900 bits per heavy atom. The van der Waals surface area contributed by atoms with Crippen LogP contribution in [0.3, 0.4) is 0 Å². The van der Waals surface area contributed by atoms with Crippen molar-refractivity contribution in [2.45, 2.75) is 6.54 Å². The Kier molecular flexibility index (Phi) is 5.39. The molecule has 0 spiro atoms. The standard InChI is InChI=1S/C24H19N3O3/c28-23(26-20-12-10-19(11-13-20)24(29)30)22-5-2-1-4-21(22)18-8-6-17(7-9-18)16-27-15-3-14-25-27/h1-15H,16H2,(H,26,28)(H,29,30). The van der Waals surface area contributed by atoms with Gasteiger partial charge in [-0.05, 0) is 53.1 Å². The zero-order valence-corrected chi connectivity index (χ0v) is 16.0. The third-order valence-electron chi connectivity index (χ3n) is 4.73. The fourth-order valence-corrected chi connectivity index (χ4v) is 3.20. The van der Waals surface area contributed by atoms with Gasteiger partial charge < -0.3 is 10.4 Å². The lowest BCUT2D eigenvalue weighted by atomic mass is 9.98. The van der Waals surface area contributed by atoms with Gasteiger partial charge in [-0.3, -0.25) is 9.48 Å². The van der Waals surface area contributed by atoms with Gasteiger partial charge in [0.05, 0.1) is 12.1 Å². The zero-order chi connectivity index (χ0) is 20.9. The highest BCUT2D eigenvalue weighted by Crippen LogP contribution is 2.25.